The maximum atomic E-state index is 12.1. The number of esters is 1. The molecule has 0 aliphatic heterocycles. The minimum absolute atomic E-state index is 0.333. The van der Waals surface area contributed by atoms with Crippen molar-refractivity contribution in [3.63, 3.8) is 0 Å². The Labute approximate surface area is 124 Å². The lowest BCUT2D eigenvalue weighted by Crippen LogP contribution is -2.20. The van der Waals surface area contributed by atoms with E-state index < -0.39 is 0 Å². The zero-order valence-corrected chi connectivity index (χ0v) is 12.2. The molecule has 1 heterocycles. The van der Waals surface area contributed by atoms with Gasteiger partial charge in [-0.3, -0.25) is 4.98 Å². The van der Waals surface area contributed by atoms with Crippen molar-refractivity contribution in [1.29, 1.82) is 0 Å². The minimum atomic E-state index is -0.363. The molecule has 0 saturated carbocycles. The lowest BCUT2D eigenvalue weighted by atomic mass is 10.1. The van der Waals surface area contributed by atoms with Crippen molar-refractivity contribution < 1.29 is 9.53 Å². The third kappa shape index (κ3) is 3.72. The number of aromatic nitrogens is 1. The van der Waals surface area contributed by atoms with Crippen LogP contribution in [0.4, 0.5) is 11.4 Å². The molecular formula is C16H19N3O2. The van der Waals surface area contributed by atoms with E-state index in [9.17, 15) is 4.79 Å². The first kappa shape index (κ1) is 14.8. The van der Waals surface area contributed by atoms with Crippen LogP contribution < -0.4 is 10.6 Å². The molecule has 0 atom stereocenters. The molecule has 2 rings (SSSR count). The number of nitrogens with two attached hydrogens (primary N) is 1. The van der Waals surface area contributed by atoms with E-state index in [1.54, 1.807) is 31.5 Å². The Balaban J connectivity index is 2.27. The van der Waals surface area contributed by atoms with Crippen molar-refractivity contribution in [2.75, 3.05) is 24.3 Å². The molecule has 0 amide bonds. The van der Waals surface area contributed by atoms with Crippen molar-refractivity contribution >= 4 is 17.3 Å². The third-order valence-corrected chi connectivity index (χ3v) is 3.07. The number of anilines is 2. The van der Waals surface area contributed by atoms with E-state index in [4.69, 9.17) is 10.5 Å². The third-order valence-electron chi connectivity index (χ3n) is 3.07. The molecule has 21 heavy (non-hydrogen) atoms. The van der Waals surface area contributed by atoms with E-state index in [1.807, 2.05) is 30.1 Å². The van der Waals surface area contributed by atoms with Crippen LogP contribution in [0, 0.1) is 0 Å². The normalized spacial score (nSPS) is 10.2. The Morgan fingerprint density at radius 3 is 2.86 bits per heavy atom. The number of rotatable bonds is 5. The van der Waals surface area contributed by atoms with Gasteiger partial charge in [0.1, 0.15) is 0 Å². The zero-order chi connectivity index (χ0) is 15.2. The largest absolute Gasteiger partial charge is 0.462 e. The zero-order valence-electron chi connectivity index (χ0n) is 12.2. The van der Waals surface area contributed by atoms with Crippen molar-refractivity contribution in [2.24, 2.45) is 0 Å². The summed E-state index contributed by atoms with van der Waals surface area (Å²) >= 11 is 0. The van der Waals surface area contributed by atoms with Crippen LogP contribution in [0.15, 0.2) is 42.7 Å². The smallest absolute Gasteiger partial charge is 0.340 e. The van der Waals surface area contributed by atoms with Gasteiger partial charge in [-0.2, -0.15) is 0 Å². The molecule has 0 fully saturated rings. The lowest BCUT2D eigenvalue weighted by Gasteiger charge is -2.22. The Hall–Kier alpha value is -2.56. The first-order chi connectivity index (χ1) is 10.1. The van der Waals surface area contributed by atoms with Crippen molar-refractivity contribution in [3.8, 4) is 0 Å². The summed E-state index contributed by atoms with van der Waals surface area (Å²) in [5.74, 6) is -0.363. The van der Waals surface area contributed by atoms with Gasteiger partial charge in [-0.15, -0.1) is 0 Å². The van der Waals surface area contributed by atoms with E-state index in [1.165, 1.54) is 0 Å². The first-order valence-corrected chi connectivity index (χ1v) is 6.78. The van der Waals surface area contributed by atoms with Gasteiger partial charge in [-0.25, -0.2) is 4.79 Å². The molecule has 1 aromatic carbocycles. The number of nitrogen functional groups attached to an aromatic ring is 1. The molecule has 5 nitrogen and oxygen atoms in total. The van der Waals surface area contributed by atoms with Gasteiger partial charge in [0.15, 0.2) is 0 Å². The SMILES string of the molecule is CCOC(=O)c1cc(N)ccc1N(C)Cc1cccnc1. The van der Waals surface area contributed by atoms with Gasteiger partial charge in [0.25, 0.3) is 0 Å². The second-order valence-electron chi connectivity index (χ2n) is 4.71. The molecule has 0 aliphatic carbocycles. The van der Waals surface area contributed by atoms with E-state index in [0.717, 1.165) is 11.3 Å². The Bertz CT molecular complexity index is 614. The lowest BCUT2D eigenvalue weighted by molar-refractivity contribution is 0.0527. The van der Waals surface area contributed by atoms with Gasteiger partial charge in [-0.1, -0.05) is 6.07 Å². The summed E-state index contributed by atoms with van der Waals surface area (Å²) < 4.78 is 5.09. The molecule has 2 aromatic rings. The number of pyridine rings is 1. The molecular weight excluding hydrogens is 266 g/mol. The number of carbonyl (C=O) groups is 1. The molecule has 0 aliphatic rings. The second kappa shape index (κ2) is 6.74. The molecule has 5 heteroatoms. The summed E-state index contributed by atoms with van der Waals surface area (Å²) in [5, 5.41) is 0. The monoisotopic (exact) mass is 285 g/mol. The fraction of sp³-hybridized carbons (Fsp3) is 0.250. The minimum Gasteiger partial charge on any atom is -0.462 e. The quantitative estimate of drug-likeness (QED) is 0.675. The maximum Gasteiger partial charge on any atom is 0.340 e. The maximum absolute atomic E-state index is 12.1. The van der Waals surface area contributed by atoms with Crippen LogP contribution in [0.1, 0.15) is 22.8 Å². The summed E-state index contributed by atoms with van der Waals surface area (Å²) in [6, 6.07) is 9.13. The summed E-state index contributed by atoms with van der Waals surface area (Å²) in [6.07, 6.45) is 3.54. The summed E-state index contributed by atoms with van der Waals surface area (Å²) in [6.45, 7) is 2.76. The molecule has 2 N–H and O–H groups in total. The van der Waals surface area contributed by atoms with Crippen molar-refractivity contribution in [2.45, 2.75) is 13.5 Å². The standard InChI is InChI=1S/C16H19N3O2/c1-3-21-16(20)14-9-13(17)6-7-15(14)19(2)11-12-5-4-8-18-10-12/h4-10H,3,11,17H2,1-2H3. The van der Waals surface area contributed by atoms with Crippen LogP contribution in [-0.2, 0) is 11.3 Å². The molecule has 110 valence electrons. The summed E-state index contributed by atoms with van der Waals surface area (Å²) in [7, 11) is 1.92. The number of ether oxygens (including phenoxy) is 1. The fourth-order valence-electron chi connectivity index (χ4n) is 2.11. The average molecular weight is 285 g/mol. The van der Waals surface area contributed by atoms with Crippen LogP contribution in [-0.4, -0.2) is 24.6 Å². The number of carbonyl (C=O) groups excluding carboxylic acids is 1. The topological polar surface area (TPSA) is 68.5 Å². The van der Waals surface area contributed by atoms with E-state index in [0.29, 0.717) is 24.4 Å². The Morgan fingerprint density at radius 1 is 1.38 bits per heavy atom. The predicted octanol–water partition coefficient (Wildman–Crippen LogP) is 2.48. The average Bonchev–Trinajstić information content (AvgIpc) is 2.48. The Kier molecular flexibility index (Phi) is 4.77. The number of hydrogen-bond acceptors (Lipinski definition) is 5. The molecule has 0 saturated heterocycles. The van der Waals surface area contributed by atoms with Gasteiger partial charge in [0.2, 0.25) is 0 Å². The highest BCUT2D eigenvalue weighted by atomic mass is 16.5. The Morgan fingerprint density at radius 2 is 2.19 bits per heavy atom. The molecule has 1 aromatic heterocycles. The number of benzene rings is 1. The van der Waals surface area contributed by atoms with Crippen LogP contribution in [0.2, 0.25) is 0 Å². The molecule has 0 radical (unpaired) electrons. The highest BCUT2D eigenvalue weighted by molar-refractivity contribution is 5.97. The van der Waals surface area contributed by atoms with E-state index in [2.05, 4.69) is 4.98 Å². The van der Waals surface area contributed by atoms with Crippen LogP contribution in [0.25, 0.3) is 0 Å². The van der Waals surface area contributed by atoms with Gasteiger partial charge in [0.05, 0.1) is 17.9 Å². The van der Waals surface area contributed by atoms with Gasteiger partial charge in [0, 0.05) is 31.7 Å². The van der Waals surface area contributed by atoms with Crippen molar-refractivity contribution in [3.05, 3.63) is 53.9 Å². The van der Waals surface area contributed by atoms with Crippen molar-refractivity contribution in [1.82, 2.24) is 4.98 Å². The summed E-state index contributed by atoms with van der Waals surface area (Å²) in [4.78, 5) is 18.1. The summed E-state index contributed by atoms with van der Waals surface area (Å²) in [5.41, 5.74) is 8.64. The van der Waals surface area contributed by atoms with Crippen LogP contribution in [0.3, 0.4) is 0 Å². The second-order valence-corrected chi connectivity index (χ2v) is 4.71. The number of hydrogen-bond donors (Lipinski definition) is 1. The van der Waals surface area contributed by atoms with Gasteiger partial charge < -0.3 is 15.4 Å². The highest BCUT2D eigenvalue weighted by Gasteiger charge is 2.16. The van der Waals surface area contributed by atoms with Crippen LogP contribution in [0.5, 0.6) is 0 Å². The van der Waals surface area contributed by atoms with Crippen LogP contribution >= 0.6 is 0 Å². The molecule has 0 bridgehead atoms. The fourth-order valence-corrected chi connectivity index (χ4v) is 2.11. The van der Waals surface area contributed by atoms with E-state index >= 15 is 0 Å². The predicted molar refractivity (Wildman–Crippen MR) is 83.2 cm³/mol. The van der Waals surface area contributed by atoms with Gasteiger partial charge in [-0.05, 0) is 36.8 Å². The molecule has 0 spiro atoms. The molecule has 0 unspecified atom stereocenters. The highest BCUT2D eigenvalue weighted by Crippen LogP contribution is 2.24. The number of nitrogens with zero attached hydrogens (tertiary/aromatic N) is 2. The van der Waals surface area contributed by atoms with Gasteiger partial charge >= 0.3 is 5.97 Å². The van der Waals surface area contributed by atoms with E-state index in [-0.39, 0.29) is 5.97 Å². The first-order valence-electron chi connectivity index (χ1n) is 6.78.